The summed E-state index contributed by atoms with van der Waals surface area (Å²) in [6.45, 7) is 4.81. The van der Waals surface area contributed by atoms with Gasteiger partial charge in [-0.05, 0) is 141 Å². The minimum atomic E-state index is -0.568. The fourth-order valence-corrected chi connectivity index (χ4v) is 10.2. The molecular formula is C58H44N2. The van der Waals surface area contributed by atoms with E-state index in [1.165, 1.54) is 55.6 Å². The van der Waals surface area contributed by atoms with E-state index in [9.17, 15) is 0 Å². The normalized spacial score (nSPS) is 13.8. The first-order valence-corrected chi connectivity index (χ1v) is 20.9. The molecule has 11 rings (SSSR count). The first-order valence-electron chi connectivity index (χ1n) is 20.9. The van der Waals surface area contributed by atoms with Gasteiger partial charge in [-0.3, -0.25) is 0 Å². The molecule has 9 aromatic carbocycles. The second-order valence-electron chi connectivity index (χ2n) is 16.5. The molecule has 0 spiro atoms. The van der Waals surface area contributed by atoms with Crippen molar-refractivity contribution in [3.05, 3.63) is 264 Å². The Labute approximate surface area is 353 Å². The molecule has 0 amide bonds. The van der Waals surface area contributed by atoms with Crippen molar-refractivity contribution in [2.45, 2.75) is 24.7 Å². The van der Waals surface area contributed by atoms with Gasteiger partial charge in [0.2, 0.25) is 0 Å². The van der Waals surface area contributed by atoms with Crippen LogP contribution in [0.5, 0.6) is 0 Å². The van der Waals surface area contributed by atoms with Crippen LogP contribution in [0.1, 0.15) is 47.2 Å². The standard InChI is InChI=1S/C58H44N2/c1-57(2)53-37-47(59(43-25-13-5-14-26-43)44-27-15-6-16-28-44)33-35-49(53)51-40-56-52(39-54(51)57)50-36-34-48(60(45-29-17-7-18-30-45)46-31-19-8-20-32-46)38-55(50)58(56,41-21-9-3-10-22-41)42-23-11-4-12-24-42/h3-40H,1-2H3. The van der Waals surface area contributed by atoms with Crippen LogP contribution in [0.3, 0.4) is 0 Å². The van der Waals surface area contributed by atoms with Crippen molar-refractivity contribution in [2.75, 3.05) is 9.80 Å². The first kappa shape index (κ1) is 35.7. The molecule has 0 heterocycles. The molecule has 0 bridgehead atoms. The molecular weight excluding hydrogens is 725 g/mol. The van der Waals surface area contributed by atoms with E-state index in [2.05, 4.69) is 254 Å². The van der Waals surface area contributed by atoms with Gasteiger partial charge in [-0.1, -0.05) is 159 Å². The van der Waals surface area contributed by atoms with E-state index >= 15 is 0 Å². The Hall–Kier alpha value is -7.42. The van der Waals surface area contributed by atoms with Gasteiger partial charge < -0.3 is 9.80 Å². The Bertz CT molecular complexity index is 2860. The van der Waals surface area contributed by atoms with Crippen LogP contribution in [0.4, 0.5) is 34.1 Å². The summed E-state index contributed by atoms with van der Waals surface area (Å²) in [4.78, 5) is 4.76. The van der Waals surface area contributed by atoms with Gasteiger partial charge in [0.15, 0.2) is 0 Å². The van der Waals surface area contributed by atoms with E-state index in [0.29, 0.717) is 0 Å². The molecule has 0 saturated carbocycles. The van der Waals surface area contributed by atoms with Gasteiger partial charge in [-0.2, -0.15) is 0 Å². The Morgan fingerprint density at radius 1 is 0.267 bits per heavy atom. The van der Waals surface area contributed by atoms with Crippen LogP contribution in [0.2, 0.25) is 0 Å². The third-order valence-corrected chi connectivity index (χ3v) is 12.9. The molecule has 0 unspecified atom stereocenters. The van der Waals surface area contributed by atoms with Crippen molar-refractivity contribution in [3.63, 3.8) is 0 Å². The molecule has 0 N–H and O–H groups in total. The quantitative estimate of drug-likeness (QED) is 0.152. The molecule has 0 atom stereocenters. The predicted octanol–water partition coefficient (Wildman–Crippen LogP) is 15.3. The molecule has 0 aliphatic heterocycles. The van der Waals surface area contributed by atoms with Crippen molar-refractivity contribution in [1.82, 2.24) is 0 Å². The minimum absolute atomic E-state index is 0.239. The van der Waals surface area contributed by atoms with E-state index < -0.39 is 5.41 Å². The highest BCUT2D eigenvalue weighted by Gasteiger charge is 2.48. The zero-order valence-electron chi connectivity index (χ0n) is 33.8. The van der Waals surface area contributed by atoms with E-state index in [4.69, 9.17) is 0 Å². The number of para-hydroxylation sites is 4. The molecule has 2 aliphatic carbocycles. The van der Waals surface area contributed by atoms with Crippen LogP contribution in [0, 0.1) is 0 Å². The number of hydrogen-bond donors (Lipinski definition) is 0. The third-order valence-electron chi connectivity index (χ3n) is 12.9. The van der Waals surface area contributed by atoms with Gasteiger partial charge in [-0.25, -0.2) is 0 Å². The first-order chi connectivity index (χ1) is 29.5. The fraction of sp³-hybridized carbons (Fsp3) is 0.0690. The molecule has 2 heteroatoms. The molecule has 0 fully saturated rings. The Balaban J connectivity index is 1.15. The largest absolute Gasteiger partial charge is 0.310 e. The van der Waals surface area contributed by atoms with Crippen molar-refractivity contribution in [2.24, 2.45) is 0 Å². The van der Waals surface area contributed by atoms with Gasteiger partial charge in [-0.15, -0.1) is 0 Å². The minimum Gasteiger partial charge on any atom is -0.310 e. The van der Waals surface area contributed by atoms with E-state index in [0.717, 1.165) is 34.1 Å². The van der Waals surface area contributed by atoms with Gasteiger partial charge in [0.1, 0.15) is 0 Å². The highest BCUT2D eigenvalue weighted by molar-refractivity contribution is 5.95. The maximum absolute atomic E-state index is 2.55. The third kappa shape index (κ3) is 5.48. The Morgan fingerprint density at radius 2 is 0.567 bits per heavy atom. The number of benzene rings is 9. The summed E-state index contributed by atoms with van der Waals surface area (Å²) < 4.78 is 0. The lowest BCUT2D eigenvalue weighted by Gasteiger charge is -2.35. The second-order valence-corrected chi connectivity index (χ2v) is 16.5. The molecule has 9 aromatic rings. The summed E-state index contributed by atoms with van der Waals surface area (Å²) in [5.41, 5.74) is 19.0. The van der Waals surface area contributed by atoms with Crippen LogP contribution in [0.25, 0.3) is 22.3 Å². The monoisotopic (exact) mass is 768 g/mol. The fourth-order valence-electron chi connectivity index (χ4n) is 10.2. The van der Waals surface area contributed by atoms with E-state index in [-0.39, 0.29) is 5.41 Å². The molecule has 60 heavy (non-hydrogen) atoms. The van der Waals surface area contributed by atoms with Crippen molar-refractivity contribution in [3.8, 4) is 22.3 Å². The maximum Gasteiger partial charge on any atom is 0.0714 e. The van der Waals surface area contributed by atoms with Gasteiger partial charge >= 0.3 is 0 Å². The van der Waals surface area contributed by atoms with Gasteiger partial charge in [0.25, 0.3) is 0 Å². The number of anilines is 6. The smallest absolute Gasteiger partial charge is 0.0714 e. The number of nitrogens with zero attached hydrogens (tertiary/aromatic N) is 2. The predicted molar refractivity (Wildman–Crippen MR) is 251 cm³/mol. The van der Waals surface area contributed by atoms with Crippen LogP contribution < -0.4 is 9.80 Å². The molecule has 0 aromatic heterocycles. The summed E-state index contributed by atoms with van der Waals surface area (Å²) >= 11 is 0. The van der Waals surface area contributed by atoms with Crippen LogP contribution >= 0.6 is 0 Å². The van der Waals surface area contributed by atoms with Crippen molar-refractivity contribution in [1.29, 1.82) is 0 Å². The Morgan fingerprint density at radius 3 is 0.983 bits per heavy atom. The zero-order valence-corrected chi connectivity index (χ0v) is 33.8. The summed E-state index contributed by atoms with van der Waals surface area (Å²) in [6, 6.07) is 84.6. The zero-order chi connectivity index (χ0) is 40.3. The van der Waals surface area contributed by atoms with Crippen molar-refractivity contribution < 1.29 is 0 Å². The highest BCUT2D eigenvalue weighted by Crippen LogP contribution is 2.61. The molecule has 0 saturated heterocycles. The van der Waals surface area contributed by atoms with Crippen LogP contribution in [-0.2, 0) is 10.8 Å². The lowest BCUT2D eigenvalue weighted by Crippen LogP contribution is -2.29. The SMILES string of the molecule is CC1(C)c2cc(N(c3ccccc3)c3ccccc3)ccc2-c2cc3c(cc21)-c1ccc(N(c2ccccc2)c2ccccc2)cc1C3(c1ccccc1)c1ccccc1. The van der Waals surface area contributed by atoms with Gasteiger partial charge in [0.05, 0.1) is 5.41 Å². The molecule has 2 nitrogen and oxygen atoms in total. The number of hydrogen-bond acceptors (Lipinski definition) is 2. The maximum atomic E-state index is 2.55. The average molecular weight is 769 g/mol. The summed E-state index contributed by atoms with van der Waals surface area (Å²) in [6.07, 6.45) is 0. The summed E-state index contributed by atoms with van der Waals surface area (Å²) in [5, 5.41) is 0. The molecule has 286 valence electrons. The number of fused-ring (bicyclic) bond motifs is 6. The van der Waals surface area contributed by atoms with E-state index in [1.54, 1.807) is 0 Å². The second kappa shape index (κ2) is 14.1. The van der Waals surface area contributed by atoms with Crippen LogP contribution in [-0.4, -0.2) is 0 Å². The highest BCUT2D eigenvalue weighted by atomic mass is 15.1. The van der Waals surface area contributed by atoms with Gasteiger partial charge in [0, 0.05) is 39.5 Å². The Kier molecular flexibility index (Phi) is 8.42. The lowest BCUT2D eigenvalue weighted by atomic mass is 9.67. The lowest BCUT2D eigenvalue weighted by molar-refractivity contribution is 0.660. The molecule has 2 aliphatic rings. The topological polar surface area (TPSA) is 6.48 Å². The van der Waals surface area contributed by atoms with Crippen molar-refractivity contribution >= 4 is 34.1 Å². The average Bonchev–Trinajstić information content (AvgIpc) is 3.72. The summed E-state index contributed by atoms with van der Waals surface area (Å²) in [5.74, 6) is 0. The molecule has 0 radical (unpaired) electrons. The number of rotatable bonds is 8. The van der Waals surface area contributed by atoms with E-state index in [1.807, 2.05) is 0 Å². The summed E-state index contributed by atoms with van der Waals surface area (Å²) in [7, 11) is 0. The van der Waals surface area contributed by atoms with Crippen LogP contribution in [0.15, 0.2) is 231 Å².